The number of fused-ring (bicyclic) bond motifs is 6. The van der Waals surface area contributed by atoms with Crippen molar-refractivity contribution >= 4 is 43.7 Å². The third-order valence-electron chi connectivity index (χ3n) is 7.96. The summed E-state index contributed by atoms with van der Waals surface area (Å²) in [7, 11) is 0. The number of nitrogens with zero attached hydrogens (tertiary/aromatic N) is 4. The molecule has 0 aliphatic rings. The Labute approximate surface area is 259 Å². The Hall–Kier alpha value is -6.07. The van der Waals surface area contributed by atoms with Gasteiger partial charge >= 0.3 is 0 Å². The van der Waals surface area contributed by atoms with Gasteiger partial charge in [-0.3, -0.25) is 4.57 Å². The minimum absolute atomic E-state index is 0.138. The van der Waals surface area contributed by atoms with E-state index in [-0.39, 0.29) is 29.7 Å². The molecule has 5 heteroatoms. The van der Waals surface area contributed by atoms with Crippen molar-refractivity contribution in [2.75, 3.05) is 0 Å². The smallest absolute Gasteiger partial charge is 0.238 e. The van der Waals surface area contributed by atoms with E-state index in [0.29, 0.717) is 39.9 Å². The fourth-order valence-electron chi connectivity index (χ4n) is 5.96. The molecule has 0 saturated heterocycles. The standard InChI is InChI=1S/C39H24N4O/c1-3-12-25(13-4-1)27-22-23-35-32(24-27)30-18-11-19-31(36(30)44-35)38-40-37(26-14-5-2-6-15-26)41-39(42-38)43-33-20-9-7-16-28(33)29-17-8-10-21-34(29)43/h1-24H/i1D,3D,4D,12D,13D. The lowest BCUT2D eigenvalue weighted by Crippen LogP contribution is -2.06. The summed E-state index contributed by atoms with van der Waals surface area (Å²) in [5.41, 5.74) is 5.24. The Kier molecular flexibility index (Phi) is 4.42. The molecule has 0 fully saturated rings. The van der Waals surface area contributed by atoms with Crippen molar-refractivity contribution in [1.82, 2.24) is 19.5 Å². The molecule has 0 spiro atoms. The van der Waals surface area contributed by atoms with Gasteiger partial charge in [-0.25, -0.2) is 4.98 Å². The molecule has 44 heavy (non-hydrogen) atoms. The van der Waals surface area contributed by atoms with Crippen molar-refractivity contribution < 1.29 is 11.3 Å². The first-order valence-electron chi connectivity index (χ1n) is 16.7. The normalized spacial score (nSPS) is 13.2. The molecule has 0 atom stereocenters. The van der Waals surface area contributed by atoms with E-state index >= 15 is 0 Å². The molecule has 0 unspecified atom stereocenters. The summed E-state index contributed by atoms with van der Waals surface area (Å²) in [6.07, 6.45) is 0. The number of rotatable bonds is 4. The van der Waals surface area contributed by atoms with Gasteiger partial charge in [0.2, 0.25) is 5.95 Å². The summed E-state index contributed by atoms with van der Waals surface area (Å²) in [5, 5.41) is 3.70. The van der Waals surface area contributed by atoms with Gasteiger partial charge in [-0.05, 0) is 41.5 Å². The van der Waals surface area contributed by atoms with E-state index in [1.54, 1.807) is 12.1 Å². The zero-order valence-corrected chi connectivity index (χ0v) is 23.2. The van der Waals surface area contributed by atoms with Crippen LogP contribution in [-0.4, -0.2) is 19.5 Å². The zero-order chi connectivity index (χ0) is 33.4. The highest BCUT2D eigenvalue weighted by Crippen LogP contribution is 2.38. The van der Waals surface area contributed by atoms with Crippen molar-refractivity contribution in [3.8, 4) is 39.9 Å². The lowest BCUT2D eigenvalue weighted by molar-refractivity contribution is 0.669. The molecule has 9 aromatic rings. The van der Waals surface area contributed by atoms with E-state index in [4.69, 9.17) is 26.2 Å². The Morgan fingerprint density at radius 2 is 1.20 bits per heavy atom. The van der Waals surface area contributed by atoms with Crippen LogP contribution in [0, 0.1) is 0 Å². The third kappa shape index (κ3) is 3.83. The SMILES string of the molecule is [2H]c1c([2H])c([2H])c(-c2ccc3oc4c(-c5nc(-c6ccccc6)nc(-n6c7ccccc7c7ccccc76)n5)cccc4c3c2)c([2H])c1[2H]. The Morgan fingerprint density at radius 1 is 0.523 bits per heavy atom. The Morgan fingerprint density at radius 3 is 1.98 bits per heavy atom. The molecule has 206 valence electrons. The van der Waals surface area contributed by atoms with E-state index in [9.17, 15) is 0 Å². The van der Waals surface area contributed by atoms with Crippen LogP contribution >= 0.6 is 0 Å². The van der Waals surface area contributed by atoms with Crippen molar-refractivity contribution in [2.24, 2.45) is 0 Å². The fourth-order valence-corrected chi connectivity index (χ4v) is 5.96. The summed E-state index contributed by atoms with van der Waals surface area (Å²) >= 11 is 0. The first-order valence-corrected chi connectivity index (χ1v) is 14.2. The average Bonchev–Trinajstić information content (AvgIpc) is 3.69. The summed E-state index contributed by atoms with van der Waals surface area (Å²) in [5.74, 6) is 1.41. The highest BCUT2D eigenvalue weighted by atomic mass is 16.3. The second kappa shape index (κ2) is 9.75. The maximum atomic E-state index is 8.50. The average molecular weight is 570 g/mol. The maximum Gasteiger partial charge on any atom is 0.238 e. The quantitative estimate of drug-likeness (QED) is 0.212. The number of hydrogen-bond donors (Lipinski definition) is 0. The van der Waals surface area contributed by atoms with Crippen molar-refractivity contribution in [3.63, 3.8) is 0 Å². The van der Waals surface area contributed by atoms with Gasteiger partial charge in [-0.2, -0.15) is 9.97 Å². The van der Waals surface area contributed by atoms with Crippen LogP contribution in [0.1, 0.15) is 6.85 Å². The summed E-state index contributed by atoms with van der Waals surface area (Å²) in [4.78, 5) is 15.1. The highest BCUT2D eigenvalue weighted by Gasteiger charge is 2.20. The Balaban J connectivity index is 1.29. The lowest BCUT2D eigenvalue weighted by Gasteiger charge is -2.11. The van der Waals surface area contributed by atoms with E-state index in [0.717, 1.165) is 38.1 Å². The molecule has 0 aliphatic heterocycles. The predicted molar refractivity (Wildman–Crippen MR) is 178 cm³/mol. The van der Waals surface area contributed by atoms with Gasteiger partial charge in [-0.1, -0.05) is 115 Å². The molecule has 0 saturated carbocycles. The summed E-state index contributed by atoms with van der Waals surface area (Å²) in [6, 6.07) is 35.6. The van der Waals surface area contributed by atoms with E-state index in [1.165, 1.54) is 0 Å². The van der Waals surface area contributed by atoms with Crippen LogP contribution < -0.4 is 0 Å². The van der Waals surface area contributed by atoms with Gasteiger partial charge < -0.3 is 4.42 Å². The Bertz CT molecular complexity index is 2710. The van der Waals surface area contributed by atoms with Crippen LogP contribution in [0.4, 0.5) is 0 Å². The first kappa shape index (κ1) is 19.9. The molecule has 0 N–H and O–H groups in total. The van der Waals surface area contributed by atoms with Crippen LogP contribution in [0.25, 0.3) is 83.6 Å². The number of hydrogen-bond acceptors (Lipinski definition) is 4. The van der Waals surface area contributed by atoms with Gasteiger partial charge in [-0.15, -0.1) is 0 Å². The third-order valence-corrected chi connectivity index (χ3v) is 7.96. The largest absolute Gasteiger partial charge is 0.455 e. The fraction of sp³-hybridized carbons (Fsp3) is 0. The molecule has 3 aromatic heterocycles. The lowest BCUT2D eigenvalue weighted by atomic mass is 10.0. The van der Waals surface area contributed by atoms with E-state index in [1.807, 2.05) is 78.9 Å². The molecule has 6 aromatic carbocycles. The molecule has 9 rings (SSSR count). The number of aromatic nitrogens is 4. The van der Waals surface area contributed by atoms with Crippen LogP contribution in [0.5, 0.6) is 0 Å². The van der Waals surface area contributed by atoms with Gasteiger partial charge in [0.05, 0.1) is 23.5 Å². The second-order valence-corrected chi connectivity index (χ2v) is 10.5. The van der Waals surface area contributed by atoms with E-state index < -0.39 is 6.04 Å². The van der Waals surface area contributed by atoms with Gasteiger partial charge in [0.15, 0.2) is 11.6 Å². The molecule has 0 amide bonds. The minimum Gasteiger partial charge on any atom is -0.455 e. The molecule has 3 heterocycles. The molecule has 0 radical (unpaired) electrons. The second-order valence-electron chi connectivity index (χ2n) is 10.5. The molecule has 5 nitrogen and oxygen atoms in total. The van der Waals surface area contributed by atoms with Crippen LogP contribution in [-0.2, 0) is 0 Å². The van der Waals surface area contributed by atoms with Gasteiger partial charge in [0, 0.05) is 27.1 Å². The molecule has 0 aliphatic carbocycles. The minimum atomic E-state index is -0.425. The van der Waals surface area contributed by atoms with Crippen molar-refractivity contribution in [1.29, 1.82) is 0 Å². The monoisotopic (exact) mass is 569 g/mol. The molecule has 0 bridgehead atoms. The maximum absolute atomic E-state index is 8.50. The predicted octanol–water partition coefficient (Wildman–Crippen LogP) is 9.87. The van der Waals surface area contributed by atoms with Crippen LogP contribution in [0.2, 0.25) is 0 Å². The van der Waals surface area contributed by atoms with Crippen molar-refractivity contribution in [3.05, 3.63) is 145 Å². The van der Waals surface area contributed by atoms with Gasteiger partial charge in [0.1, 0.15) is 11.2 Å². The molecular formula is C39H24N4O. The topological polar surface area (TPSA) is 56.7 Å². The highest BCUT2D eigenvalue weighted by molar-refractivity contribution is 6.11. The van der Waals surface area contributed by atoms with Crippen LogP contribution in [0.3, 0.4) is 0 Å². The van der Waals surface area contributed by atoms with E-state index in [2.05, 4.69) is 28.8 Å². The number of para-hydroxylation sites is 3. The number of benzene rings is 6. The zero-order valence-electron chi connectivity index (χ0n) is 28.2. The summed E-state index contributed by atoms with van der Waals surface area (Å²) in [6.45, 7) is 0. The molecular weight excluding hydrogens is 540 g/mol. The summed E-state index contributed by atoms with van der Waals surface area (Å²) < 4.78 is 49.9. The van der Waals surface area contributed by atoms with Gasteiger partial charge in [0.25, 0.3) is 0 Å². The van der Waals surface area contributed by atoms with Crippen LogP contribution in [0.15, 0.2) is 150 Å². The first-order chi connectivity index (χ1) is 23.9. The van der Waals surface area contributed by atoms with Crippen molar-refractivity contribution in [2.45, 2.75) is 0 Å². The number of furan rings is 1.